The fraction of sp³-hybridized carbons (Fsp3) is 0.636. The van der Waals surface area contributed by atoms with Crippen molar-refractivity contribution in [2.45, 2.75) is 39.2 Å². The molecule has 0 saturated heterocycles. The highest BCUT2D eigenvalue weighted by atomic mass is 14.8. The van der Waals surface area contributed by atoms with Crippen LogP contribution in [0, 0.1) is 19.8 Å². The van der Waals surface area contributed by atoms with E-state index >= 15 is 0 Å². The molecule has 1 atom stereocenters. The van der Waals surface area contributed by atoms with Gasteiger partial charge in [-0.05, 0) is 32.6 Å². The van der Waals surface area contributed by atoms with Crippen LogP contribution < -0.4 is 5.73 Å². The van der Waals surface area contributed by atoms with Crippen LogP contribution in [0.15, 0.2) is 6.20 Å². The Morgan fingerprint density at radius 3 is 2.86 bits per heavy atom. The van der Waals surface area contributed by atoms with E-state index in [4.69, 9.17) is 5.73 Å². The number of nitrogens with two attached hydrogens (primary N) is 1. The second-order valence-corrected chi connectivity index (χ2v) is 4.25. The lowest BCUT2D eigenvalue weighted by Gasteiger charge is -2.11. The minimum Gasteiger partial charge on any atom is -0.327 e. The third kappa shape index (κ3) is 2.10. The van der Waals surface area contributed by atoms with Crippen LogP contribution >= 0.6 is 0 Å². The molecular weight excluding hydrogens is 174 g/mol. The van der Waals surface area contributed by atoms with E-state index in [-0.39, 0.29) is 6.04 Å². The molecule has 0 radical (unpaired) electrons. The van der Waals surface area contributed by atoms with Crippen molar-refractivity contribution in [1.29, 1.82) is 0 Å². The molecule has 1 fully saturated rings. The third-order valence-corrected chi connectivity index (χ3v) is 2.83. The first-order valence-electron chi connectivity index (χ1n) is 5.21. The maximum absolute atomic E-state index is 6.06. The number of aromatic nitrogens is 2. The first-order valence-corrected chi connectivity index (χ1v) is 5.21. The van der Waals surface area contributed by atoms with Gasteiger partial charge in [-0.25, -0.2) is 0 Å². The van der Waals surface area contributed by atoms with Crippen molar-refractivity contribution < 1.29 is 0 Å². The fourth-order valence-electron chi connectivity index (χ4n) is 1.70. The Labute approximate surface area is 84.8 Å². The van der Waals surface area contributed by atoms with E-state index in [1.165, 1.54) is 12.8 Å². The van der Waals surface area contributed by atoms with E-state index in [0.717, 1.165) is 29.4 Å². The summed E-state index contributed by atoms with van der Waals surface area (Å²) in [5.41, 5.74) is 9.14. The largest absolute Gasteiger partial charge is 0.327 e. The summed E-state index contributed by atoms with van der Waals surface area (Å²) in [4.78, 5) is 8.77. The first kappa shape index (κ1) is 9.59. The van der Waals surface area contributed by atoms with Gasteiger partial charge in [0.05, 0.1) is 17.1 Å². The summed E-state index contributed by atoms with van der Waals surface area (Å²) in [6, 6.07) is 0.282. The van der Waals surface area contributed by atoms with Crippen molar-refractivity contribution in [3.8, 4) is 0 Å². The van der Waals surface area contributed by atoms with Gasteiger partial charge in [-0.15, -0.1) is 0 Å². The summed E-state index contributed by atoms with van der Waals surface area (Å²) in [5, 5.41) is 0. The lowest BCUT2D eigenvalue weighted by atomic mass is 10.1. The molecule has 1 saturated carbocycles. The summed E-state index contributed by atoms with van der Waals surface area (Å²) in [6.07, 6.45) is 5.27. The molecule has 0 bridgehead atoms. The molecule has 76 valence electrons. The maximum Gasteiger partial charge on any atom is 0.0634 e. The molecule has 1 unspecified atom stereocenters. The van der Waals surface area contributed by atoms with Crippen molar-refractivity contribution in [3.63, 3.8) is 0 Å². The van der Waals surface area contributed by atoms with Gasteiger partial charge < -0.3 is 5.73 Å². The molecule has 0 amide bonds. The standard InChI is InChI=1S/C11H17N3/c1-7-6-13-8(2)11(14-7)5-10(12)9-3-4-9/h6,9-10H,3-5,12H2,1-2H3. The van der Waals surface area contributed by atoms with Crippen LogP contribution in [0.2, 0.25) is 0 Å². The van der Waals surface area contributed by atoms with Crippen LogP contribution in [0.4, 0.5) is 0 Å². The molecule has 1 aromatic rings. The van der Waals surface area contributed by atoms with Crippen molar-refractivity contribution in [2.24, 2.45) is 11.7 Å². The Morgan fingerprint density at radius 1 is 1.50 bits per heavy atom. The summed E-state index contributed by atoms with van der Waals surface area (Å²) in [5.74, 6) is 0.733. The number of nitrogens with zero attached hydrogens (tertiary/aromatic N) is 2. The zero-order valence-corrected chi connectivity index (χ0v) is 8.83. The predicted octanol–water partition coefficient (Wildman–Crippen LogP) is 1.37. The van der Waals surface area contributed by atoms with E-state index in [1.54, 1.807) is 0 Å². The van der Waals surface area contributed by atoms with E-state index in [0.29, 0.717) is 0 Å². The average molecular weight is 191 g/mol. The van der Waals surface area contributed by atoms with Crippen LogP contribution in [0.1, 0.15) is 29.9 Å². The zero-order valence-electron chi connectivity index (χ0n) is 8.83. The van der Waals surface area contributed by atoms with Gasteiger partial charge in [-0.1, -0.05) is 0 Å². The van der Waals surface area contributed by atoms with Crippen molar-refractivity contribution in [1.82, 2.24) is 9.97 Å². The molecule has 0 aromatic carbocycles. The Morgan fingerprint density at radius 2 is 2.21 bits per heavy atom. The van der Waals surface area contributed by atoms with Crippen LogP contribution in [0.3, 0.4) is 0 Å². The van der Waals surface area contributed by atoms with Crippen molar-refractivity contribution >= 4 is 0 Å². The number of rotatable bonds is 3. The van der Waals surface area contributed by atoms with Crippen molar-refractivity contribution in [2.75, 3.05) is 0 Å². The maximum atomic E-state index is 6.06. The van der Waals surface area contributed by atoms with E-state index in [2.05, 4.69) is 9.97 Å². The Bertz CT molecular complexity index is 331. The quantitative estimate of drug-likeness (QED) is 0.785. The summed E-state index contributed by atoms with van der Waals surface area (Å²) >= 11 is 0. The molecule has 1 heterocycles. The Hall–Kier alpha value is -0.960. The summed E-state index contributed by atoms with van der Waals surface area (Å²) in [6.45, 7) is 3.97. The number of hydrogen-bond acceptors (Lipinski definition) is 3. The second-order valence-electron chi connectivity index (χ2n) is 4.25. The molecule has 2 N–H and O–H groups in total. The fourth-order valence-corrected chi connectivity index (χ4v) is 1.70. The van der Waals surface area contributed by atoms with Crippen LogP contribution in [0.5, 0.6) is 0 Å². The molecule has 1 aromatic heterocycles. The SMILES string of the molecule is Cc1cnc(C)c(CC(N)C2CC2)n1. The average Bonchev–Trinajstić information content (AvgIpc) is 2.94. The highest BCUT2D eigenvalue weighted by Crippen LogP contribution is 2.32. The van der Waals surface area contributed by atoms with Gasteiger partial charge in [0.15, 0.2) is 0 Å². The summed E-state index contributed by atoms with van der Waals surface area (Å²) in [7, 11) is 0. The molecular formula is C11H17N3. The molecule has 1 aliphatic carbocycles. The summed E-state index contributed by atoms with van der Waals surface area (Å²) < 4.78 is 0. The van der Waals surface area contributed by atoms with E-state index in [1.807, 2.05) is 20.0 Å². The van der Waals surface area contributed by atoms with E-state index < -0.39 is 0 Å². The molecule has 2 rings (SSSR count). The number of aryl methyl sites for hydroxylation is 2. The molecule has 0 aliphatic heterocycles. The highest BCUT2D eigenvalue weighted by Gasteiger charge is 2.29. The Balaban J connectivity index is 2.10. The van der Waals surface area contributed by atoms with E-state index in [9.17, 15) is 0 Å². The van der Waals surface area contributed by atoms with Gasteiger partial charge in [0.25, 0.3) is 0 Å². The minimum atomic E-state index is 0.282. The monoisotopic (exact) mass is 191 g/mol. The molecule has 0 spiro atoms. The van der Waals surface area contributed by atoms with Crippen LogP contribution in [-0.4, -0.2) is 16.0 Å². The van der Waals surface area contributed by atoms with Gasteiger partial charge in [-0.2, -0.15) is 0 Å². The number of hydrogen-bond donors (Lipinski definition) is 1. The second kappa shape index (κ2) is 3.65. The molecule has 3 heteroatoms. The smallest absolute Gasteiger partial charge is 0.0634 e. The van der Waals surface area contributed by atoms with Gasteiger partial charge in [-0.3, -0.25) is 9.97 Å². The molecule has 3 nitrogen and oxygen atoms in total. The van der Waals surface area contributed by atoms with Gasteiger partial charge in [0.2, 0.25) is 0 Å². The van der Waals surface area contributed by atoms with Gasteiger partial charge >= 0.3 is 0 Å². The highest BCUT2D eigenvalue weighted by molar-refractivity contribution is 5.14. The third-order valence-electron chi connectivity index (χ3n) is 2.83. The van der Waals surface area contributed by atoms with Gasteiger partial charge in [0.1, 0.15) is 0 Å². The van der Waals surface area contributed by atoms with Crippen LogP contribution in [0.25, 0.3) is 0 Å². The molecule has 1 aliphatic rings. The molecule has 14 heavy (non-hydrogen) atoms. The normalized spacial score (nSPS) is 18.2. The lowest BCUT2D eigenvalue weighted by molar-refractivity contribution is 0.580. The lowest BCUT2D eigenvalue weighted by Crippen LogP contribution is -2.26. The van der Waals surface area contributed by atoms with Gasteiger partial charge in [0, 0.05) is 18.7 Å². The minimum absolute atomic E-state index is 0.282. The Kier molecular flexibility index (Phi) is 2.50. The van der Waals surface area contributed by atoms with Crippen molar-refractivity contribution in [3.05, 3.63) is 23.3 Å². The topological polar surface area (TPSA) is 51.8 Å². The zero-order chi connectivity index (χ0) is 10.1. The first-order chi connectivity index (χ1) is 6.66. The van der Waals surface area contributed by atoms with Crippen LogP contribution in [-0.2, 0) is 6.42 Å². The predicted molar refractivity (Wildman–Crippen MR) is 55.9 cm³/mol.